The van der Waals surface area contributed by atoms with Gasteiger partial charge in [0.1, 0.15) is 5.82 Å². The number of imidazole rings is 1. The van der Waals surface area contributed by atoms with E-state index in [1.165, 1.54) is 0 Å². The van der Waals surface area contributed by atoms with E-state index >= 15 is 0 Å². The molecule has 0 aliphatic heterocycles. The molecule has 10 heteroatoms. The maximum atomic E-state index is 13.4. The van der Waals surface area contributed by atoms with Gasteiger partial charge in [-0.15, -0.1) is 10.2 Å². The molecule has 5 rings (SSSR count). The van der Waals surface area contributed by atoms with Gasteiger partial charge in [-0.2, -0.15) is 10.3 Å². The zero-order valence-corrected chi connectivity index (χ0v) is 19.8. The van der Waals surface area contributed by atoms with Gasteiger partial charge in [0, 0.05) is 41.8 Å². The molecule has 0 saturated heterocycles. The standard InChI is InChI=1S/C25H27N9O/c1-3-5-8-20-17-33(23-13-14-27-34(23)4-2)25(35)32(20)16-19-12-11-18(15-26-19)21-9-6-7-10-22(21)24-28-30-31-29-24/h6-7,9-15,17H,3-5,8,16H2,1-2H3,(H,28,29,30,31). The monoisotopic (exact) mass is 469 g/mol. The first kappa shape index (κ1) is 22.5. The Bertz CT molecular complexity index is 1460. The fourth-order valence-corrected chi connectivity index (χ4v) is 4.24. The molecule has 0 aliphatic rings. The number of tetrazole rings is 1. The number of benzene rings is 1. The summed E-state index contributed by atoms with van der Waals surface area (Å²) in [5.41, 5.74) is 4.50. The number of hydrogen-bond donors (Lipinski definition) is 1. The highest BCUT2D eigenvalue weighted by Gasteiger charge is 2.16. The summed E-state index contributed by atoms with van der Waals surface area (Å²) in [5.74, 6) is 1.31. The van der Waals surface area contributed by atoms with Gasteiger partial charge < -0.3 is 0 Å². The largest absolute Gasteiger partial charge is 0.334 e. The molecule has 0 radical (unpaired) electrons. The van der Waals surface area contributed by atoms with Crippen LogP contribution in [-0.2, 0) is 19.5 Å². The molecule has 0 atom stereocenters. The third kappa shape index (κ3) is 4.42. The number of aromatic amines is 1. The third-order valence-corrected chi connectivity index (χ3v) is 6.06. The maximum Gasteiger partial charge on any atom is 0.334 e. The number of nitrogens with one attached hydrogen (secondary N) is 1. The molecule has 0 spiro atoms. The van der Waals surface area contributed by atoms with Gasteiger partial charge in [-0.25, -0.2) is 9.48 Å². The minimum Gasteiger partial charge on any atom is -0.290 e. The van der Waals surface area contributed by atoms with Crippen LogP contribution in [0.1, 0.15) is 38.1 Å². The summed E-state index contributed by atoms with van der Waals surface area (Å²) in [6.07, 6.45) is 8.38. The number of aryl methyl sites for hydroxylation is 2. The highest BCUT2D eigenvalue weighted by Crippen LogP contribution is 2.29. The summed E-state index contributed by atoms with van der Waals surface area (Å²) in [6.45, 7) is 5.26. The zero-order valence-electron chi connectivity index (χ0n) is 19.8. The molecule has 0 fully saturated rings. The number of H-pyrrole nitrogens is 1. The van der Waals surface area contributed by atoms with Crippen LogP contribution in [-0.4, -0.2) is 44.5 Å². The predicted molar refractivity (Wildman–Crippen MR) is 132 cm³/mol. The lowest BCUT2D eigenvalue weighted by Crippen LogP contribution is -2.26. The van der Waals surface area contributed by atoms with Crippen LogP contribution in [0.5, 0.6) is 0 Å². The minimum absolute atomic E-state index is 0.0837. The van der Waals surface area contributed by atoms with Crippen LogP contribution in [0.25, 0.3) is 28.3 Å². The van der Waals surface area contributed by atoms with Crippen molar-refractivity contribution in [3.05, 3.63) is 82.9 Å². The van der Waals surface area contributed by atoms with Crippen molar-refractivity contribution in [2.75, 3.05) is 0 Å². The molecule has 0 amide bonds. The topological polar surface area (TPSA) is 112 Å². The molecule has 1 N–H and O–H groups in total. The smallest absolute Gasteiger partial charge is 0.290 e. The van der Waals surface area contributed by atoms with Crippen molar-refractivity contribution in [1.82, 2.24) is 44.5 Å². The molecule has 5 aromatic rings. The third-order valence-electron chi connectivity index (χ3n) is 6.06. The lowest BCUT2D eigenvalue weighted by molar-refractivity contribution is 0.623. The van der Waals surface area contributed by atoms with Crippen molar-refractivity contribution in [2.45, 2.75) is 46.2 Å². The number of unbranched alkanes of at least 4 members (excludes halogenated alkanes) is 1. The van der Waals surface area contributed by atoms with Gasteiger partial charge in [-0.05, 0) is 36.6 Å². The Balaban J connectivity index is 1.47. The van der Waals surface area contributed by atoms with E-state index in [2.05, 4.69) is 32.6 Å². The quantitative estimate of drug-likeness (QED) is 0.354. The second kappa shape index (κ2) is 9.88. The zero-order chi connectivity index (χ0) is 24.2. The predicted octanol–water partition coefficient (Wildman–Crippen LogP) is 3.49. The normalized spacial score (nSPS) is 11.3. The van der Waals surface area contributed by atoms with Crippen LogP contribution in [0.4, 0.5) is 0 Å². The summed E-state index contributed by atoms with van der Waals surface area (Å²) in [4.78, 5) is 18.1. The summed E-state index contributed by atoms with van der Waals surface area (Å²) < 4.78 is 5.33. The number of nitrogens with zero attached hydrogens (tertiary/aromatic N) is 8. The average Bonchev–Trinajstić information content (AvgIpc) is 3.65. The number of rotatable bonds is 9. The van der Waals surface area contributed by atoms with Crippen LogP contribution >= 0.6 is 0 Å². The summed E-state index contributed by atoms with van der Waals surface area (Å²) >= 11 is 0. The van der Waals surface area contributed by atoms with Crippen LogP contribution in [0, 0.1) is 0 Å². The van der Waals surface area contributed by atoms with Gasteiger partial charge in [0.05, 0.1) is 18.4 Å². The van der Waals surface area contributed by atoms with Crippen LogP contribution in [0.3, 0.4) is 0 Å². The van der Waals surface area contributed by atoms with Crippen molar-refractivity contribution in [2.24, 2.45) is 0 Å². The SMILES string of the molecule is CCCCc1cn(-c2ccnn2CC)c(=O)n1Cc1ccc(-c2ccccc2-c2nn[nH]n2)cn1. The molecule has 0 aliphatic carbocycles. The average molecular weight is 470 g/mol. The maximum absolute atomic E-state index is 13.4. The highest BCUT2D eigenvalue weighted by atomic mass is 16.1. The fraction of sp³-hybridized carbons (Fsp3) is 0.280. The molecule has 4 heterocycles. The second-order valence-electron chi connectivity index (χ2n) is 8.29. The Morgan fingerprint density at radius 1 is 1.03 bits per heavy atom. The second-order valence-corrected chi connectivity index (χ2v) is 8.29. The summed E-state index contributed by atoms with van der Waals surface area (Å²) in [5, 5.41) is 18.7. The molecule has 35 heavy (non-hydrogen) atoms. The number of hydrogen-bond acceptors (Lipinski definition) is 6. The van der Waals surface area contributed by atoms with E-state index in [1.54, 1.807) is 10.8 Å². The number of pyridine rings is 1. The molecule has 178 valence electrons. The van der Waals surface area contributed by atoms with Crippen molar-refractivity contribution in [3.63, 3.8) is 0 Å². The van der Waals surface area contributed by atoms with Gasteiger partial charge >= 0.3 is 5.69 Å². The lowest BCUT2D eigenvalue weighted by atomic mass is 10.0. The summed E-state index contributed by atoms with van der Waals surface area (Å²) in [6, 6.07) is 13.7. The Kier molecular flexibility index (Phi) is 6.34. The van der Waals surface area contributed by atoms with Crippen molar-refractivity contribution < 1.29 is 0 Å². The fourth-order valence-electron chi connectivity index (χ4n) is 4.24. The van der Waals surface area contributed by atoms with Crippen molar-refractivity contribution in [3.8, 4) is 28.3 Å². The van der Waals surface area contributed by atoms with Gasteiger partial charge in [0.15, 0.2) is 0 Å². The van der Waals surface area contributed by atoms with Crippen LogP contribution in [0.15, 0.2) is 65.8 Å². The molecular weight excluding hydrogens is 442 g/mol. The van der Waals surface area contributed by atoms with Crippen LogP contribution < -0.4 is 5.69 Å². The van der Waals surface area contributed by atoms with E-state index in [4.69, 9.17) is 4.98 Å². The first-order valence-electron chi connectivity index (χ1n) is 11.8. The summed E-state index contributed by atoms with van der Waals surface area (Å²) in [7, 11) is 0. The minimum atomic E-state index is -0.0837. The molecular formula is C25H27N9O. The van der Waals surface area contributed by atoms with E-state index < -0.39 is 0 Å². The Morgan fingerprint density at radius 3 is 2.60 bits per heavy atom. The van der Waals surface area contributed by atoms with Crippen LogP contribution in [0.2, 0.25) is 0 Å². The Labute approximate surface area is 202 Å². The molecule has 0 saturated carbocycles. The molecule has 1 aromatic carbocycles. The lowest BCUT2D eigenvalue weighted by Gasteiger charge is -2.09. The van der Waals surface area contributed by atoms with Crippen molar-refractivity contribution in [1.29, 1.82) is 0 Å². The van der Waals surface area contributed by atoms with E-state index in [1.807, 2.05) is 71.0 Å². The first-order valence-corrected chi connectivity index (χ1v) is 11.8. The van der Waals surface area contributed by atoms with E-state index in [0.717, 1.165) is 53.2 Å². The first-order chi connectivity index (χ1) is 17.2. The van der Waals surface area contributed by atoms with E-state index in [-0.39, 0.29) is 5.69 Å². The van der Waals surface area contributed by atoms with Gasteiger partial charge in [0.25, 0.3) is 0 Å². The molecule has 4 aromatic heterocycles. The van der Waals surface area contributed by atoms with Gasteiger partial charge in [-0.3, -0.25) is 14.1 Å². The van der Waals surface area contributed by atoms with E-state index in [9.17, 15) is 4.79 Å². The Morgan fingerprint density at radius 2 is 1.89 bits per heavy atom. The molecule has 10 nitrogen and oxygen atoms in total. The molecule has 0 unspecified atom stereocenters. The Hall–Kier alpha value is -4.34. The van der Waals surface area contributed by atoms with Crippen molar-refractivity contribution >= 4 is 0 Å². The van der Waals surface area contributed by atoms with E-state index in [0.29, 0.717) is 18.9 Å². The number of aromatic nitrogens is 9. The van der Waals surface area contributed by atoms with Gasteiger partial charge in [0.2, 0.25) is 5.82 Å². The van der Waals surface area contributed by atoms with Gasteiger partial charge in [-0.1, -0.05) is 43.7 Å². The molecule has 0 bridgehead atoms. The highest BCUT2D eigenvalue weighted by molar-refractivity contribution is 5.79.